The Morgan fingerprint density at radius 1 is 1.50 bits per heavy atom. The van der Waals surface area contributed by atoms with Crippen LogP contribution in [0.2, 0.25) is 0 Å². The van der Waals surface area contributed by atoms with E-state index in [2.05, 4.69) is 10.2 Å². The molecule has 0 spiro atoms. The maximum atomic E-state index is 10.8. The molecule has 1 fully saturated rings. The molecule has 0 aromatic heterocycles. The third-order valence-electron chi connectivity index (χ3n) is 2.30. The van der Waals surface area contributed by atoms with E-state index in [1.54, 1.807) is 6.92 Å². The minimum Gasteiger partial charge on any atom is -0.380 e. The summed E-state index contributed by atoms with van der Waals surface area (Å²) in [6.45, 7) is 8.24. The molecule has 1 atom stereocenters. The zero-order chi connectivity index (χ0) is 10.4. The Balaban J connectivity index is 2.23. The van der Waals surface area contributed by atoms with Crippen LogP contribution in [0.5, 0.6) is 0 Å². The number of amides is 1. The molecule has 1 aliphatic heterocycles. The van der Waals surface area contributed by atoms with Crippen LogP contribution in [0.1, 0.15) is 20.3 Å². The molecule has 1 saturated heterocycles. The Bertz CT molecular complexity index is 177. The molecule has 0 aromatic carbocycles. The van der Waals surface area contributed by atoms with Gasteiger partial charge in [-0.3, -0.25) is 9.69 Å². The summed E-state index contributed by atoms with van der Waals surface area (Å²) in [7, 11) is 0. The van der Waals surface area contributed by atoms with Crippen LogP contribution < -0.4 is 5.32 Å². The van der Waals surface area contributed by atoms with Crippen molar-refractivity contribution in [2.75, 3.05) is 32.8 Å². The van der Waals surface area contributed by atoms with Gasteiger partial charge in [-0.05, 0) is 13.3 Å². The lowest BCUT2D eigenvalue weighted by Gasteiger charge is -2.23. The highest BCUT2D eigenvalue weighted by atomic mass is 16.5. The van der Waals surface area contributed by atoms with Gasteiger partial charge in [0.1, 0.15) is 0 Å². The number of hydrogen-bond donors (Lipinski definition) is 1. The van der Waals surface area contributed by atoms with E-state index in [1.165, 1.54) is 0 Å². The van der Waals surface area contributed by atoms with E-state index in [4.69, 9.17) is 4.74 Å². The van der Waals surface area contributed by atoms with E-state index >= 15 is 0 Å². The van der Waals surface area contributed by atoms with E-state index in [9.17, 15) is 4.79 Å². The van der Waals surface area contributed by atoms with Gasteiger partial charge in [0.2, 0.25) is 5.91 Å². The van der Waals surface area contributed by atoms with Gasteiger partial charge in [0.15, 0.2) is 0 Å². The van der Waals surface area contributed by atoms with E-state index in [-0.39, 0.29) is 11.9 Å². The van der Waals surface area contributed by atoms with Crippen molar-refractivity contribution in [1.29, 1.82) is 0 Å². The molecule has 0 unspecified atom stereocenters. The van der Waals surface area contributed by atoms with Gasteiger partial charge in [0.25, 0.3) is 0 Å². The monoisotopic (exact) mass is 200 g/mol. The van der Waals surface area contributed by atoms with E-state index in [0.717, 1.165) is 39.3 Å². The highest BCUT2D eigenvalue weighted by Gasteiger charge is 2.12. The molecule has 0 aliphatic carbocycles. The Morgan fingerprint density at radius 3 is 3.00 bits per heavy atom. The topological polar surface area (TPSA) is 41.6 Å². The number of ether oxygens (including phenoxy) is 1. The minimum atomic E-state index is 0.0450. The van der Waals surface area contributed by atoms with Gasteiger partial charge in [-0.1, -0.05) is 0 Å². The lowest BCUT2D eigenvalue weighted by Crippen LogP contribution is -2.42. The smallest absolute Gasteiger partial charge is 0.217 e. The first-order chi connectivity index (χ1) is 6.68. The SMILES string of the molecule is CC(=O)N[C@@H](C)CN1CCCOCC1. The molecule has 0 radical (unpaired) electrons. The summed E-state index contributed by atoms with van der Waals surface area (Å²) < 4.78 is 5.36. The molecular formula is C10H20N2O2. The molecule has 4 nitrogen and oxygen atoms in total. The van der Waals surface area contributed by atoms with Crippen molar-refractivity contribution in [2.24, 2.45) is 0 Å². The van der Waals surface area contributed by atoms with Gasteiger partial charge in [0.05, 0.1) is 6.61 Å². The number of carbonyl (C=O) groups excluding carboxylic acids is 1. The highest BCUT2D eigenvalue weighted by molar-refractivity contribution is 5.73. The molecule has 1 rings (SSSR count). The predicted octanol–water partition coefficient (Wildman–Crippen LogP) is 0.233. The molecule has 14 heavy (non-hydrogen) atoms. The van der Waals surface area contributed by atoms with Crippen LogP contribution in [0.25, 0.3) is 0 Å². The van der Waals surface area contributed by atoms with E-state index in [1.807, 2.05) is 6.92 Å². The maximum absolute atomic E-state index is 10.8. The number of hydrogen-bond acceptors (Lipinski definition) is 3. The second kappa shape index (κ2) is 5.98. The molecule has 0 saturated carbocycles. The minimum absolute atomic E-state index is 0.0450. The van der Waals surface area contributed by atoms with Gasteiger partial charge in [-0.25, -0.2) is 0 Å². The first kappa shape index (κ1) is 11.5. The summed E-state index contributed by atoms with van der Waals surface area (Å²) in [5.41, 5.74) is 0. The summed E-state index contributed by atoms with van der Waals surface area (Å²) in [5, 5.41) is 2.89. The normalized spacial score (nSPS) is 21.3. The number of rotatable bonds is 3. The van der Waals surface area contributed by atoms with Crippen LogP contribution in [-0.2, 0) is 9.53 Å². The van der Waals surface area contributed by atoms with Crippen molar-refractivity contribution >= 4 is 5.91 Å². The fourth-order valence-corrected chi connectivity index (χ4v) is 1.76. The van der Waals surface area contributed by atoms with Crippen LogP contribution in [0.3, 0.4) is 0 Å². The van der Waals surface area contributed by atoms with E-state index in [0.29, 0.717) is 0 Å². The quantitative estimate of drug-likeness (QED) is 0.709. The maximum Gasteiger partial charge on any atom is 0.217 e. The predicted molar refractivity (Wildman–Crippen MR) is 55.2 cm³/mol. The van der Waals surface area contributed by atoms with Gasteiger partial charge in [0, 0.05) is 39.2 Å². The number of carbonyl (C=O) groups is 1. The van der Waals surface area contributed by atoms with Crippen LogP contribution >= 0.6 is 0 Å². The third-order valence-corrected chi connectivity index (χ3v) is 2.30. The zero-order valence-corrected chi connectivity index (χ0v) is 9.08. The Hall–Kier alpha value is -0.610. The van der Waals surface area contributed by atoms with E-state index < -0.39 is 0 Å². The highest BCUT2D eigenvalue weighted by Crippen LogP contribution is 2.00. The number of nitrogens with one attached hydrogen (secondary N) is 1. The second-order valence-corrected chi connectivity index (χ2v) is 3.87. The number of nitrogens with zero attached hydrogens (tertiary/aromatic N) is 1. The van der Waals surface area contributed by atoms with Crippen LogP contribution in [0.15, 0.2) is 0 Å². The molecule has 1 heterocycles. The summed E-state index contributed by atoms with van der Waals surface area (Å²) >= 11 is 0. The van der Waals surface area contributed by atoms with Crippen molar-refractivity contribution < 1.29 is 9.53 Å². The van der Waals surface area contributed by atoms with Crippen LogP contribution in [0, 0.1) is 0 Å². The van der Waals surface area contributed by atoms with Crippen molar-refractivity contribution in [1.82, 2.24) is 10.2 Å². The average molecular weight is 200 g/mol. The fourth-order valence-electron chi connectivity index (χ4n) is 1.76. The molecule has 1 N–H and O–H groups in total. The summed E-state index contributed by atoms with van der Waals surface area (Å²) in [6.07, 6.45) is 1.09. The Morgan fingerprint density at radius 2 is 2.29 bits per heavy atom. The van der Waals surface area contributed by atoms with Gasteiger partial charge >= 0.3 is 0 Å². The molecule has 1 aliphatic rings. The molecule has 1 amide bonds. The van der Waals surface area contributed by atoms with Gasteiger partial charge in [-0.15, -0.1) is 0 Å². The standard InChI is InChI=1S/C10H20N2O2/c1-9(11-10(2)13)8-12-4-3-6-14-7-5-12/h9H,3-8H2,1-2H3,(H,11,13)/t9-/m0/s1. The Kier molecular flexibility index (Phi) is 4.90. The largest absolute Gasteiger partial charge is 0.380 e. The molecular weight excluding hydrogens is 180 g/mol. The molecule has 0 aromatic rings. The van der Waals surface area contributed by atoms with Crippen molar-refractivity contribution in [3.05, 3.63) is 0 Å². The van der Waals surface area contributed by atoms with Crippen molar-refractivity contribution in [3.63, 3.8) is 0 Å². The fraction of sp³-hybridized carbons (Fsp3) is 0.900. The average Bonchev–Trinajstić information content (AvgIpc) is 2.31. The summed E-state index contributed by atoms with van der Waals surface area (Å²) in [4.78, 5) is 13.2. The summed E-state index contributed by atoms with van der Waals surface area (Å²) in [6, 6.07) is 0.227. The van der Waals surface area contributed by atoms with Crippen molar-refractivity contribution in [2.45, 2.75) is 26.3 Å². The Labute approximate surface area is 85.6 Å². The molecule has 82 valence electrons. The lowest BCUT2D eigenvalue weighted by atomic mass is 10.3. The summed E-state index contributed by atoms with van der Waals surface area (Å²) in [5.74, 6) is 0.0450. The van der Waals surface area contributed by atoms with Crippen LogP contribution in [-0.4, -0.2) is 49.7 Å². The van der Waals surface area contributed by atoms with Gasteiger partial charge in [-0.2, -0.15) is 0 Å². The zero-order valence-electron chi connectivity index (χ0n) is 9.08. The van der Waals surface area contributed by atoms with Crippen LogP contribution in [0.4, 0.5) is 0 Å². The molecule has 4 heteroatoms. The first-order valence-electron chi connectivity index (χ1n) is 5.25. The van der Waals surface area contributed by atoms with Crippen molar-refractivity contribution in [3.8, 4) is 0 Å². The molecule has 0 bridgehead atoms. The van der Waals surface area contributed by atoms with Gasteiger partial charge < -0.3 is 10.1 Å². The second-order valence-electron chi connectivity index (χ2n) is 3.87. The first-order valence-corrected chi connectivity index (χ1v) is 5.25. The third kappa shape index (κ3) is 4.58. The lowest BCUT2D eigenvalue weighted by molar-refractivity contribution is -0.119.